The number of thioether (sulfide) groups is 1. The van der Waals surface area contributed by atoms with Gasteiger partial charge in [-0.3, -0.25) is 4.79 Å². The molecule has 0 aliphatic carbocycles. The highest BCUT2D eigenvalue weighted by Crippen LogP contribution is 2.39. The molecule has 0 unspecified atom stereocenters. The van der Waals surface area contributed by atoms with Gasteiger partial charge in [-0.05, 0) is 71.9 Å². The number of halogens is 7. The highest BCUT2D eigenvalue weighted by molar-refractivity contribution is 8.18. The standard InChI is InChI=1S/C30H24ClF6N3O3S/c1-42-25-14-18(2-9-24(25)43-17-19-3-4-20(29(32,33)34)16-23(19)30(35,36)37)15-26-27(41)38-28(44-26)40-12-10-39(11-13-40)22-7-5-21(31)6-8-22/h2-9,14-16H,10-13,17H2,1H3. The summed E-state index contributed by atoms with van der Waals surface area (Å²) in [6, 6.07) is 13.6. The summed E-state index contributed by atoms with van der Waals surface area (Å²) in [4.78, 5) is 21.6. The molecule has 14 heteroatoms. The maximum atomic E-state index is 13.5. The molecule has 2 aliphatic rings. The van der Waals surface area contributed by atoms with Gasteiger partial charge in [-0.15, -0.1) is 0 Å². The van der Waals surface area contributed by atoms with Gasteiger partial charge in [0.25, 0.3) is 5.91 Å². The number of hydrogen-bond acceptors (Lipinski definition) is 6. The average Bonchev–Trinajstić information content (AvgIpc) is 3.35. The number of alkyl halides is 6. The number of anilines is 1. The summed E-state index contributed by atoms with van der Waals surface area (Å²) in [5.74, 6) is -0.162. The van der Waals surface area contributed by atoms with E-state index >= 15 is 0 Å². The number of aliphatic imine (C=N–C) groups is 1. The molecular weight excluding hydrogens is 632 g/mol. The number of rotatable bonds is 6. The minimum absolute atomic E-state index is 0.0668. The van der Waals surface area contributed by atoms with Gasteiger partial charge in [0, 0.05) is 42.5 Å². The van der Waals surface area contributed by atoms with Crippen LogP contribution in [0.15, 0.2) is 70.6 Å². The van der Waals surface area contributed by atoms with Crippen molar-refractivity contribution in [1.82, 2.24) is 4.90 Å². The minimum atomic E-state index is -5.02. The summed E-state index contributed by atoms with van der Waals surface area (Å²) in [5, 5.41) is 1.26. The second-order valence-corrected chi connectivity index (χ2v) is 11.3. The molecule has 3 aromatic rings. The highest BCUT2D eigenvalue weighted by atomic mass is 35.5. The first kappa shape index (κ1) is 31.6. The van der Waals surface area contributed by atoms with Crippen LogP contribution in [0.25, 0.3) is 6.08 Å². The maximum Gasteiger partial charge on any atom is 0.416 e. The molecule has 1 fully saturated rings. The molecule has 0 saturated carbocycles. The van der Waals surface area contributed by atoms with Crippen molar-refractivity contribution in [3.8, 4) is 11.5 Å². The first-order chi connectivity index (χ1) is 20.8. The number of amides is 1. The van der Waals surface area contributed by atoms with Crippen molar-refractivity contribution in [2.75, 3.05) is 38.2 Å². The van der Waals surface area contributed by atoms with E-state index in [1.807, 2.05) is 29.2 Å². The van der Waals surface area contributed by atoms with Gasteiger partial charge in [0.15, 0.2) is 16.7 Å². The molecule has 0 radical (unpaired) electrons. The number of piperazine rings is 1. The van der Waals surface area contributed by atoms with Gasteiger partial charge in [-0.2, -0.15) is 31.3 Å². The number of hydrogen-bond donors (Lipinski definition) is 0. The fourth-order valence-electron chi connectivity index (χ4n) is 4.68. The molecule has 2 aliphatic heterocycles. The molecule has 6 nitrogen and oxygen atoms in total. The van der Waals surface area contributed by atoms with Crippen molar-refractivity contribution in [1.29, 1.82) is 0 Å². The van der Waals surface area contributed by atoms with Crippen LogP contribution < -0.4 is 14.4 Å². The Morgan fingerprint density at radius 2 is 1.57 bits per heavy atom. The molecule has 3 aromatic carbocycles. The zero-order valence-electron chi connectivity index (χ0n) is 23.0. The Hall–Kier alpha value is -3.84. The third kappa shape index (κ3) is 7.27. The predicted molar refractivity (Wildman–Crippen MR) is 157 cm³/mol. The van der Waals surface area contributed by atoms with Crippen molar-refractivity contribution in [3.05, 3.63) is 92.8 Å². The van der Waals surface area contributed by atoms with E-state index < -0.39 is 41.6 Å². The molecule has 0 bridgehead atoms. The van der Waals surface area contributed by atoms with Crippen LogP contribution in [-0.4, -0.2) is 49.3 Å². The Bertz CT molecular complexity index is 1600. The molecule has 1 saturated heterocycles. The second kappa shape index (κ2) is 12.6. The smallest absolute Gasteiger partial charge is 0.416 e. The molecule has 0 spiro atoms. The SMILES string of the molecule is COc1cc(C=C2SC(N3CCN(c4ccc(Cl)cc4)CC3)=NC2=O)ccc1OCc1ccc(C(F)(F)F)cc1C(F)(F)F. The van der Waals surface area contributed by atoms with Crippen LogP contribution >= 0.6 is 23.4 Å². The van der Waals surface area contributed by atoms with Gasteiger partial charge in [-0.25, -0.2) is 0 Å². The quantitative estimate of drug-likeness (QED) is 0.200. The van der Waals surface area contributed by atoms with E-state index in [0.717, 1.165) is 24.8 Å². The Kier molecular flexibility index (Phi) is 9.07. The lowest BCUT2D eigenvalue weighted by Crippen LogP contribution is -2.47. The number of ether oxygens (including phenoxy) is 2. The van der Waals surface area contributed by atoms with Crippen LogP contribution in [0.3, 0.4) is 0 Å². The van der Waals surface area contributed by atoms with Crippen molar-refractivity contribution >= 4 is 46.2 Å². The fraction of sp³-hybridized carbons (Fsp3) is 0.267. The van der Waals surface area contributed by atoms with Crippen LogP contribution in [-0.2, 0) is 23.8 Å². The van der Waals surface area contributed by atoms with Crippen molar-refractivity contribution in [2.45, 2.75) is 19.0 Å². The van der Waals surface area contributed by atoms with Gasteiger partial charge in [0.1, 0.15) is 6.61 Å². The van der Waals surface area contributed by atoms with E-state index in [2.05, 4.69) is 9.89 Å². The van der Waals surface area contributed by atoms with E-state index in [1.165, 1.54) is 31.0 Å². The number of amidine groups is 1. The number of benzene rings is 3. The van der Waals surface area contributed by atoms with E-state index in [0.29, 0.717) is 39.8 Å². The minimum Gasteiger partial charge on any atom is -0.493 e. The van der Waals surface area contributed by atoms with E-state index in [9.17, 15) is 31.1 Å². The Morgan fingerprint density at radius 3 is 2.20 bits per heavy atom. The summed E-state index contributed by atoms with van der Waals surface area (Å²) in [6.45, 7) is 2.17. The van der Waals surface area contributed by atoms with Gasteiger partial charge in [-0.1, -0.05) is 23.7 Å². The lowest BCUT2D eigenvalue weighted by molar-refractivity contribution is -0.143. The molecule has 44 heavy (non-hydrogen) atoms. The van der Waals surface area contributed by atoms with E-state index in [-0.39, 0.29) is 17.6 Å². The molecule has 2 heterocycles. The summed E-state index contributed by atoms with van der Waals surface area (Å²) in [5.41, 5.74) is -1.69. The average molecular weight is 656 g/mol. The number of methoxy groups -OCH3 is 1. The summed E-state index contributed by atoms with van der Waals surface area (Å²) in [6.07, 6.45) is -8.32. The third-order valence-corrected chi connectivity index (χ3v) is 8.26. The van der Waals surface area contributed by atoms with Crippen molar-refractivity contribution in [3.63, 3.8) is 0 Å². The molecule has 1 amide bonds. The highest BCUT2D eigenvalue weighted by Gasteiger charge is 2.38. The zero-order chi connectivity index (χ0) is 31.6. The lowest BCUT2D eigenvalue weighted by atomic mass is 10.0. The Labute approximate surface area is 257 Å². The molecule has 0 N–H and O–H groups in total. The van der Waals surface area contributed by atoms with Gasteiger partial charge < -0.3 is 19.3 Å². The van der Waals surface area contributed by atoms with Gasteiger partial charge in [0.2, 0.25) is 0 Å². The molecule has 0 aromatic heterocycles. The van der Waals surface area contributed by atoms with Crippen LogP contribution in [0.5, 0.6) is 11.5 Å². The molecule has 232 valence electrons. The molecular formula is C30H24ClF6N3O3S. The number of carbonyl (C=O) groups excluding carboxylic acids is 1. The summed E-state index contributed by atoms with van der Waals surface area (Å²) < 4.78 is 90.3. The number of carbonyl (C=O) groups is 1. The van der Waals surface area contributed by atoms with Gasteiger partial charge in [0.05, 0.1) is 23.1 Å². The van der Waals surface area contributed by atoms with Crippen LogP contribution in [0.2, 0.25) is 5.02 Å². The normalized spacial score (nSPS) is 16.9. The summed E-state index contributed by atoms with van der Waals surface area (Å²) >= 11 is 7.23. The first-order valence-electron chi connectivity index (χ1n) is 13.2. The summed E-state index contributed by atoms with van der Waals surface area (Å²) in [7, 11) is 1.33. The maximum absolute atomic E-state index is 13.5. The van der Waals surface area contributed by atoms with Crippen LogP contribution in [0.1, 0.15) is 22.3 Å². The molecule has 5 rings (SSSR count). The third-order valence-electron chi connectivity index (χ3n) is 6.96. The number of nitrogens with zero attached hydrogens (tertiary/aromatic N) is 3. The lowest BCUT2D eigenvalue weighted by Gasteiger charge is -2.36. The zero-order valence-corrected chi connectivity index (χ0v) is 24.6. The van der Waals surface area contributed by atoms with Gasteiger partial charge >= 0.3 is 12.4 Å². The van der Waals surface area contributed by atoms with Crippen LogP contribution in [0.4, 0.5) is 32.0 Å². The van der Waals surface area contributed by atoms with Crippen molar-refractivity contribution in [2.24, 2.45) is 4.99 Å². The predicted octanol–water partition coefficient (Wildman–Crippen LogP) is 7.76. The second-order valence-electron chi connectivity index (χ2n) is 9.83. The van der Waals surface area contributed by atoms with E-state index in [1.54, 1.807) is 12.1 Å². The monoisotopic (exact) mass is 655 g/mol. The Morgan fingerprint density at radius 1 is 0.886 bits per heavy atom. The topological polar surface area (TPSA) is 54.4 Å². The van der Waals surface area contributed by atoms with Crippen molar-refractivity contribution < 1.29 is 40.6 Å². The first-order valence-corrected chi connectivity index (χ1v) is 14.4. The van der Waals surface area contributed by atoms with E-state index in [4.69, 9.17) is 21.1 Å². The van der Waals surface area contributed by atoms with Crippen LogP contribution in [0, 0.1) is 0 Å². The Balaban J connectivity index is 1.24. The largest absolute Gasteiger partial charge is 0.493 e. The fourth-order valence-corrected chi connectivity index (χ4v) is 5.77. The molecule has 0 atom stereocenters.